The number of hydrogen-bond donors (Lipinski definition) is 0. The lowest BCUT2D eigenvalue weighted by Gasteiger charge is -2.05. The summed E-state index contributed by atoms with van der Waals surface area (Å²) in [6, 6.07) is 12.4. The molecule has 0 saturated carbocycles. The van der Waals surface area contributed by atoms with Gasteiger partial charge >= 0.3 is 5.69 Å². The molecule has 17 heavy (non-hydrogen) atoms. The molecule has 2 rings (SSSR count). The first-order chi connectivity index (χ1) is 8.16. The van der Waals surface area contributed by atoms with Gasteiger partial charge in [0, 0.05) is 0 Å². The second-order valence-corrected chi connectivity index (χ2v) is 3.21. The quantitative estimate of drug-likeness (QED) is 0.602. The molecule has 0 N–H and O–H groups in total. The molecule has 5 heteroatoms. The molecule has 4 nitrogen and oxygen atoms in total. The second-order valence-electron chi connectivity index (χ2n) is 3.21. The highest BCUT2D eigenvalue weighted by atomic mass is 19.1. The van der Waals surface area contributed by atoms with E-state index in [-0.39, 0.29) is 5.75 Å². The molecule has 0 aliphatic heterocycles. The van der Waals surface area contributed by atoms with Gasteiger partial charge in [0.1, 0.15) is 11.6 Å². The fraction of sp³-hybridized carbons (Fsp3) is 0. The monoisotopic (exact) mass is 232 g/mol. The number of benzene rings is 2. The highest BCUT2D eigenvalue weighted by Crippen LogP contribution is 2.31. The number of hydrogen-bond acceptors (Lipinski definition) is 3. The topological polar surface area (TPSA) is 52.4 Å². The lowest BCUT2D eigenvalue weighted by molar-refractivity contribution is -0.385. The van der Waals surface area contributed by atoms with E-state index in [0.717, 1.165) is 12.1 Å². The van der Waals surface area contributed by atoms with E-state index in [2.05, 4.69) is 6.07 Å². The van der Waals surface area contributed by atoms with E-state index < -0.39 is 16.4 Å². The molecular formula is C12H7FNO3. The number of ether oxygens (including phenoxy) is 1. The Morgan fingerprint density at radius 3 is 2.82 bits per heavy atom. The van der Waals surface area contributed by atoms with Crippen molar-refractivity contribution in [3.63, 3.8) is 0 Å². The molecule has 0 atom stereocenters. The van der Waals surface area contributed by atoms with Crippen LogP contribution in [0.25, 0.3) is 0 Å². The van der Waals surface area contributed by atoms with E-state index in [1.54, 1.807) is 18.2 Å². The van der Waals surface area contributed by atoms with Crippen molar-refractivity contribution in [2.24, 2.45) is 0 Å². The molecule has 0 aromatic heterocycles. The first kappa shape index (κ1) is 11.1. The summed E-state index contributed by atoms with van der Waals surface area (Å²) >= 11 is 0. The highest BCUT2D eigenvalue weighted by molar-refractivity contribution is 5.48. The molecule has 0 amide bonds. The molecule has 0 unspecified atom stereocenters. The van der Waals surface area contributed by atoms with Crippen molar-refractivity contribution in [1.82, 2.24) is 0 Å². The van der Waals surface area contributed by atoms with Crippen molar-refractivity contribution in [3.05, 3.63) is 64.5 Å². The zero-order chi connectivity index (χ0) is 12.3. The van der Waals surface area contributed by atoms with Gasteiger partial charge in [0.05, 0.1) is 11.0 Å². The van der Waals surface area contributed by atoms with Gasteiger partial charge in [-0.15, -0.1) is 0 Å². The molecule has 1 radical (unpaired) electrons. The van der Waals surface area contributed by atoms with Gasteiger partial charge in [0.2, 0.25) is 5.75 Å². The van der Waals surface area contributed by atoms with E-state index in [4.69, 9.17) is 4.74 Å². The Balaban J connectivity index is 2.36. The van der Waals surface area contributed by atoms with Crippen LogP contribution < -0.4 is 4.74 Å². The third-order valence-electron chi connectivity index (χ3n) is 2.02. The average molecular weight is 232 g/mol. The fourth-order valence-corrected chi connectivity index (χ4v) is 1.29. The van der Waals surface area contributed by atoms with E-state index in [0.29, 0.717) is 5.75 Å². The largest absolute Gasteiger partial charge is 0.450 e. The zero-order valence-corrected chi connectivity index (χ0v) is 8.59. The van der Waals surface area contributed by atoms with Crippen LogP contribution >= 0.6 is 0 Å². The first-order valence-electron chi connectivity index (χ1n) is 4.75. The number of nitro benzene ring substituents is 1. The van der Waals surface area contributed by atoms with E-state index in [9.17, 15) is 14.5 Å². The Bertz CT molecular complexity index is 543. The summed E-state index contributed by atoms with van der Waals surface area (Å²) in [5.74, 6) is -0.276. The standard InChI is InChI=1S/C12H7FNO3/c13-9-6-7-12(11(8-9)14(15)16)17-10-4-2-1-3-5-10/h1-2,4-8H. The van der Waals surface area contributed by atoms with Crippen LogP contribution in [0.2, 0.25) is 0 Å². The van der Waals surface area contributed by atoms with Crippen LogP contribution in [-0.2, 0) is 0 Å². The van der Waals surface area contributed by atoms with Crippen LogP contribution in [0.5, 0.6) is 11.5 Å². The van der Waals surface area contributed by atoms with Crippen molar-refractivity contribution < 1.29 is 14.1 Å². The molecule has 0 saturated heterocycles. The average Bonchev–Trinajstić information content (AvgIpc) is 2.32. The summed E-state index contributed by atoms with van der Waals surface area (Å²) in [5.41, 5.74) is -0.408. The van der Waals surface area contributed by atoms with E-state index >= 15 is 0 Å². The van der Waals surface area contributed by atoms with Crippen molar-refractivity contribution in [2.45, 2.75) is 0 Å². The molecule has 0 aliphatic carbocycles. The lowest BCUT2D eigenvalue weighted by atomic mass is 10.3. The maximum Gasteiger partial charge on any atom is 0.314 e. The third-order valence-corrected chi connectivity index (χ3v) is 2.02. The number of nitrogens with zero attached hydrogens (tertiary/aromatic N) is 1. The Hall–Kier alpha value is -2.43. The minimum atomic E-state index is -0.689. The number of rotatable bonds is 3. The van der Waals surface area contributed by atoms with Gasteiger partial charge in [-0.05, 0) is 30.3 Å². The van der Waals surface area contributed by atoms with E-state index in [1.165, 1.54) is 12.1 Å². The summed E-state index contributed by atoms with van der Waals surface area (Å²) in [7, 11) is 0. The minimum absolute atomic E-state index is 0.00370. The first-order valence-corrected chi connectivity index (χ1v) is 4.75. The van der Waals surface area contributed by atoms with Crippen molar-refractivity contribution in [1.29, 1.82) is 0 Å². The summed E-state index contributed by atoms with van der Waals surface area (Å²) in [6.45, 7) is 0. The van der Waals surface area contributed by atoms with Gasteiger partial charge in [-0.2, -0.15) is 0 Å². The number of halogens is 1. The summed E-state index contributed by atoms with van der Waals surface area (Å²) < 4.78 is 18.2. The Morgan fingerprint density at radius 1 is 1.35 bits per heavy atom. The third kappa shape index (κ3) is 2.57. The minimum Gasteiger partial charge on any atom is -0.450 e. The Kier molecular flexibility index (Phi) is 3.00. The van der Waals surface area contributed by atoms with Crippen LogP contribution in [0.3, 0.4) is 0 Å². The van der Waals surface area contributed by atoms with Gasteiger partial charge in [0.15, 0.2) is 0 Å². The molecule has 0 aliphatic rings. The molecule has 2 aromatic rings. The van der Waals surface area contributed by atoms with Crippen molar-refractivity contribution in [3.8, 4) is 11.5 Å². The Labute approximate surface area is 96.4 Å². The molecular weight excluding hydrogens is 225 g/mol. The Morgan fingerprint density at radius 2 is 2.18 bits per heavy atom. The molecule has 85 valence electrons. The van der Waals surface area contributed by atoms with Gasteiger partial charge in [-0.3, -0.25) is 10.1 Å². The van der Waals surface area contributed by atoms with Gasteiger partial charge in [-0.1, -0.05) is 12.1 Å². The highest BCUT2D eigenvalue weighted by Gasteiger charge is 2.16. The summed E-state index contributed by atoms with van der Waals surface area (Å²) in [5, 5.41) is 10.7. The second kappa shape index (κ2) is 4.61. The molecule has 0 bridgehead atoms. The van der Waals surface area contributed by atoms with Crippen LogP contribution in [0.4, 0.5) is 10.1 Å². The molecule has 0 heterocycles. The SMILES string of the molecule is O=[N+]([O-])c1cc(F)ccc1Oc1c[c]ccc1. The molecule has 2 aromatic carbocycles. The van der Waals surface area contributed by atoms with Gasteiger partial charge < -0.3 is 4.74 Å². The normalized spacial score (nSPS) is 9.94. The molecule has 0 spiro atoms. The smallest absolute Gasteiger partial charge is 0.314 e. The number of nitro groups is 1. The van der Waals surface area contributed by atoms with Crippen molar-refractivity contribution in [2.75, 3.05) is 0 Å². The maximum absolute atomic E-state index is 12.9. The van der Waals surface area contributed by atoms with E-state index in [1.807, 2.05) is 0 Å². The van der Waals surface area contributed by atoms with Gasteiger partial charge in [-0.25, -0.2) is 4.39 Å². The van der Waals surface area contributed by atoms with Crippen LogP contribution in [0, 0.1) is 22.0 Å². The fourth-order valence-electron chi connectivity index (χ4n) is 1.29. The predicted octanol–water partition coefficient (Wildman–Crippen LogP) is 3.33. The summed E-state index contributed by atoms with van der Waals surface area (Å²) in [6.07, 6.45) is 0. The molecule has 0 fully saturated rings. The summed E-state index contributed by atoms with van der Waals surface area (Å²) in [4.78, 5) is 10.0. The van der Waals surface area contributed by atoms with Crippen LogP contribution in [0.15, 0.2) is 42.5 Å². The van der Waals surface area contributed by atoms with Crippen LogP contribution in [-0.4, -0.2) is 4.92 Å². The van der Waals surface area contributed by atoms with Crippen molar-refractivity contribution >= 4 is 5.69 Å². The lowest BCUT2D eigenvalue weighted by Crippen LogP contribution is -1.94. The van der Waals surface area contributed by atoms with Gasteiger partial charge in [0.25, 0.3) is 0 Å². The van der Waals surface area contributed by atoms with Crippen LogP contribution in [0.1, 0.15) is 0 Å². The zero-order valence-electron chi connectivity index (χ0n) is 8.59. The predicted molar refractivity (Wildman–Crippen MR) is 58.4 cm³/mol. The maximum atomic E-state index is 12.9.